The average molecular weight is 236 g/mol. The highest BCUT2D eigenvalue weighted by atomic mass is 19.1. The van der Waals surface area contributed by atoms with Crippen LogP contribution in [0.3, 0.4) is 0 Å². The topological polar surface area (TPSA) is 29.3 Å². The fraction of sp³-hybridized carbons (Fsp3) is 0.571. The first kappa shape index (κ1) is 12.4. The molecule has 1 aliphatic heterocycles. The third-order valence-corrected chi connectivity index (χ3v) is 3.75. The van der Waals surface area contributed by atoms with Crippen molar-refractivity contribution in [1.82, 2.24) is 4.90 Å². The molecule has 3 heteroatoms. The summed E-state index contributed by atoms with van der Waals surface area (Å²) in [5, 5.41) is 0. The third kappa shape index (κ3) is 2.97. The number of nitrogens with zero attached hydrogens (tertiary/aromatic N) is 1. The van der Waals surface area contributed by atoms with Gasteiger partial charge in [-0.2, -0.15) is 0 Å². The lowest BCUT2D eigenvalue weighted by Gasteiger charge is -2.18. The third-order valence-electron chi connectivity index (χ3n) is 3.75. The zero-order chi connectivity index (χ0) is 12.4. The van der Waals surface area contributed by atoms with Gasteiger partial charge in [0.1, 0.15) is 5.82 Å². The van der Waals surface area contributed by atoms with Crippen molar-refractivity contribution in [1.29, 1.82) is 0 Å². The van der Waals surface area contributed by atoms with Gasteiger partial charge in [-0.25, -0.2) is 4.39 Å². The molecule has 1 aromatic carbocycles. The summed E-state index contributed by atoms with van der Waals surface area (Å²) in [5.41, 5.74) is 7.47. The van der Waals surface area contributed by atoms with E-state index in [1.54, 1.807) is 12.1 Å². The largest absolute Gasteiger partial charge is 0.398 e. The first-order valence-corrected chi connectivity index (χ1v) is 6.32. The Balaban J connectivity index is 2.00. The van der Waals surface area contributed by atoms with Gasteiger partial charge >= 0.3 is 0 Å². The first-order chi connectivity index (χ1) is 8.06. The molecule has 0 amide bonds. The molecule has 2 rings (SSSR count). The smallest absolute Gasteiger partial charge is 0.123 e. The van der Waals surface area contributed by atoms with Gasteiger partial charge in [-0.3, -0.25) is 4.90 Å². The summed E-state index contributed by atoms with van der Waals surface area (Å²) in [6.45, 7) is 7.51. The molecule has 1 heterocycles. The second-order valence-electron chi connectivity index (χ2n) is 5.37. The summed E-state index contributed by atoms with van der Waals surface area (Å²) >= 11 is 0. The molecule has 1 fully saturated rings. The average Bonchev–Trinajstić information content (AvgIpc) is 2.72. The number of hydrogen-bond donors (Lipinski definition) is 1. The summed E-state index contributed by atoms with van der Waals surface area (Å²) in [7, 11) is 0. The van der Waals surface area contributed by atoms with E-state index in [-0.39, 0.29) is 5.82 Å². The van der Waals surface area contributed by atoms with Gasteiger partial charge in [-0.1, -0.05) is 13.8 Å². The van der Waals surface area contributed by atoms with E-state index in [0.717, 1.165) is 37.0 Å². The van der Waals surface area contributed by atoms with E-state index >= 15 is 0 Å². The number of benzene rings is 1. The molecule has 0 radical (unpaired) electrons. The van der Waals surface area contributed by atoms with Gasteiger partial charge < -0.3 is 5.73 Å². The Morgan fingerprint density at radius 1 is 1.47 bits per heavy atom. The van der Waals surface area contributed by atoms with E-state index in [2.05, 4.69) is 18.7 Å². The summed E-state index contributed by atoms with van der Waals surface area (Å²) in [6.07, 6.45) is 1.24. The first-order valence-electron chi connectivity index (χ1n) is 6.32. The van der Waals surface area contributed by atoms with Crippen LogP contribution in [0, 0.1) is 17.7 Å². The summed E-state index contributed by atoms with van der Waals surface area (Å²) in [5.74, 6) is 1.29. The van der Waals surface area contributed by atoms with Crippen LogP contribution < -0.4 is 5.73 Å². The molecule has 2 nitrogen and oxygen atoms in total. The van der Waals surface area contributed by atoms with E-state index in [9.17, 15) is 4.39 Å². The number of hydrogen-bond acceptors (Lipinski definition) is 2. The normalized spacial score (nSPS) is 21.3. The molecular formula is C14H21FN2. The molecule has 94 valence electrons. The fourth-order valence-electron chi connectivity index (χ4n) is 2.50. The van der Waals surface area contributed by atoms with Crippen molar-refractivity contribution in [2.45, 2.75) is 26.8 Å². The molecule has 0 aromatic heterocycles. The van der Waals surface area contributed by atoms with Crippen molar-refractivity contribution in [3.8, 4) is 0 Å². The highest BCUT2D eigenvalue weighted by Gasteiger charge is 2.24. The summed E-state index contributed by atoms with van der Waals surface area (Å²) < 4.78 is 13.2. The summed E-state index contributed by atoms with van der Waals surface area (Å²) in [4.78, 5) is 2.37. The van der Waals surface area contributed by atoms with Crippen LogP contribution >= 0.6 is 0 Å². The molecule has 1 aromatic rings. The van der Waals surface area contributed by atoms with Crippen LogP contribution in [-0.2, 0) is 6.54 Å². The second-order valence-corrected chi connectivity index (χ2v) is 5.37. The van der Waals surface area contributed by atoms with Crippen molar-refractivity contribution < 1.29 is 4.39 Å². The van der Waals surface area contributed by atoms with Crippen molar-refractivity contribution in [3.63, 3.8) is 0 Å². The Morgan fingerprint density at radius 3 is 2.88 bits per heavy atom. The standard InChI is InChI=1S/C14H21FN2/c1-10(2)11-5-6-17(8-11)9-12-7-13(15)3-4-14(12)16/h3-4,7,10-11H,5-6,8-9,16H2,1-2H3. The second kappa shape index (κ2) is 5.05. The predicted molar refractivity (Wildman–Crippen MR) is 69.0 cm³/mol. The lowest BCUT2D eigenvalue weighted by molar-refractivity contribution is 0.297. The molecule has 1 unspecified atom stereocenters. The van der Waals surface area contributed by atoms with E-state index in [1.807, 2.05) is 0 Å². The molecule has 0 saturated carbocycles. The van der Waals surface area contributed by atoms with Gasteiger partial charge in [0.2, 0.25) is 0 Å². The Morgan fingerprint density at radius 2 is 2.24 bits per heavy atom. The van der Waals surface area contributed by atoms with E-state index < -0.39 is 0 Å². The Hall–Kier alpha value is -1.09. The maximum absolute atomic E-state index is 13.2. The lowest BCUT2D eigenvalue weighted by atomic mass is 9.95. The monoisotopic (exact) mass is 236 g/mol. The van der Waals surface area contributed by atoms with Crippen LogP contribution in [0.4, 0.5) is 10.1 Å². The van der Waals surface area contributed by atoms with Gasteiger partial charge in [0.05, 0.1) is 0 Å². The molecule has 17 heavy (non-hydrogen) atoms. The number of likely N-dealkylation sites (tertiary alicyclic amines) is 1. The Labute approximate surface area is 103 Å². The number of nitrogen functional groups attached to an aromatic ring is 1. The van der Waals surface area contributed by atoms with Crippen molar-refractivity contribution >= 4 is 5.69 Å². The van der Waals surface area contributed by atoms with Crippen LogP contribution in [0.2, 0.25) is 0 Å². The minimum Gasteiger partial charge on any atom is -0.398 e. The number of nitrogens with two attached hydrogens (primary N) is 1. The van der Waals surface area contributed by atoms with E-state index in [0.29, 0.717) is 5.69 Å². The van der Waals surface area contributed by atoms with Gasteiger partial charge in [0.15, 0.2) is 0 Å². The van der Waals surface area contributed by atoms with Crippen molar-refractivity contribution in [2.24, 2.45) is 11.8 Å². The molecule has 2 N–H and O–H groups in total. The van der Waals surface area contributed by atoms with Gasteiger partial charge in [-0.05, 0) is 48.6 Å². The number of rotatable bonds is 3. The van der Waals surface area contributed by atoms with Gasteiger partial charge in [0.25, 0.3) is 0 Å². The molecule has 1 atom stereocenters. The van der Waals surface area contributed by atoms with Crippen LogP contribution in [0.15, 0.2) is 18.2 Å². The van der Waals surface area contributed by atoms with Gasteiger partial charge in [0, 0.05) is 18.8 Å². The van der Waals surface area contributed by atoms with Gasteiger partial charge in [-0.15, -0.1) is 0 Å². The molecule has 1 saturated heterocycles. The van der Waals surface area contributed by atoms with E-state index in [4.69, 9.17) is 5.73 Å². The fourth-order valence-corrected chi connectivity index (χ4v) is 2.50. The lowest BCUT2D eigenvalue weighted by Crippen LogP contribution is -2.22. The highest BCUT2D eigenvalue weighted by molar-refractivity contribution is 5.46. The van der Waals surface area contributed by atoms with Crippen LogP contribution in [-0.4, -0.2) is 18.0 Å². The predicted octanol–water partition coefficient (Wildman–Crippen LogP) is 2.89. The molecule has 0 aliphatic carbocycles. The quantitative estimate of drug-likeness (QED) is 0.818. The maximum Gasteiger partial charge on any atom is 0.123 e. The maximum atomic E-state index is 13.2. The molecule has 1 aliphatic rings. The van der Waals surface area contributed by atoms with Crippen LogP contribution in [0.25, 0.3) is 0 Å². The molecular weight excluding hydrogens is 215 g/mol. The zero-order valence-electron chi connectivity index (χ0n) is 10.6. The summed E-state index contributed by atoms with van der Waals surface area (Å²) in [6, 6.07) is 4.62. The minimum atomic E-state index is -0.200. The Bertz CT molecular complexity index is 390. The number of halogens is 1. The van der Waals surface area contributed by atoms with Crippen LogP contribution in [0.1, 0.15) is 25.8 Å². The zero-order valence-corrected chi connectivity index (χ0v) is 10.6. The van der Waals surface area contributed by atoms with Crippen molar-refractivity contribution in [2.75, 3.05) is 18.8 Å². The SMILES string of the molecule is CC(C)C1CCN(Cc2cc(F)ccc2N)C1. The molecule has 0 spiro atoms. The van der Waals surface area contributed by atoms with Crippen molar-refractivity contribution in [3.05, 3.63) is 29.6 Å². The highest BCUT2D eigenvalue weighted by Crippen LogP contribution is 2.26. The molecule has 0 bridgehead atoms. The minimum absolute atomic E-state index is 0.200. The van der Waals surface area contributed by atoms with E-state index in [1.165, 1.54) is 12.5 Å². The van der Waals surface area contributed by atoms with Crippen LogP contribution in [0.5, 0.6) is 0 Å². The Kier molecular flexibility index (Phi) is 3.67. The number of anilines is 1.